The van der Waals surface area contributed by atoms with Gasteiger partial charge in [-0.2, -0.15) is 0 Å². The van der Waals surface area contributed by atoms with Gasteiger partial charge in [0.15, 0.2) is 0 Å². The second-order valence-electron chi connectivity index (χ2n) is 3.87. The van der Waals surface area contributed by atoms with Crippen LogP contribution < -0.4 is 4.74 Å². The molecule has 0 bridgehead atoms. The Balaban J connectivity index is 2.06. The summed E-state index contributed by atoms with van der Waals surface area (Å²) in [6.45, 7) is 0.278. The van der Waals surface area contributed by atoms with Crippen LogP contribution in [0.15, 0.2) is 18.2 Å². The summed E-state index contributed by atoms with van der Waals surface area (Å²) in [6.07, 6.45) is 2.85. The van der Waals surface area contributed by atoms with Crippen LogP contribution in [0.4, 0.5) is 0 Å². The zero-order valence-corrected chi connectivity index (χ0v) is 9.33. The van der Waals surface area contributed by atoms with Gasteiger partial charge in [0.1, 0.15) is 18.5 Å². The zero-order chi connectivity index (χ0) is 10.7. The van der Waals surface area contributed by atoms with E-state index >= 15 is 0 Å². The van der Waals surface area contributed by atoms with Gasteiger partial charge in [0.05, 0.1) is 5.88 Å². The molecule has 1 aliphatic carbocycles. The van der Waals surface area contributed by atoms with Crippen molar-refractivity contribution in [3.8, 4) is 5.75 Å². The van der Waals surface area contributed by atoms with E-state index in [1.54, 1.807) is 0 Å². The highest BCUT2D eigenvalue weighted by molar-refractivity contribution is 6.18. The fourth-order valence-corrected chi connectivity index (χ4v) is 2.04. The third-order valence-electron chi connectivity index (χ3n) is 2.71. The van der Waals surface area contributed by atoms with E-state index in [0.29, 0.717) is 0 Å². The molecule has 1 aromatic carbocycles. The molecule has 1 aliphatic rings. The fourth-order valence-electron chi connectivity index (χ4n) is 1.95. The number of halogens is 1. The van der Waals surface area contributed by atoms with E-state index in [1.165, 1.54) is 17.5 Å². The van der Waals surface area contributed by atoms with Gasteiger partial charge in [-0.3, -0.25) is 0 Å². The van der Waals surface area contributed by atoms with Gasteiger partial charge in [0.25, 0.3) is 0 Å². The normalized spacial score (nSPS) is 16.1. The maximum absolute atomic E-state index is 9.31. The summed E-state index contributed by atoms with van der Waals surface area (Å²) in [5.41, 5.74) is 2.69. The summed E-state index contributed by atoms with van der Waals surface area (Å²) in [4.78, 5) is 0. The van der Waals surface area contributed by atoms with Crippen molar-refractivity contribution in [1.82, 2.24) is 0 Å². The van der Waals surface area contributed by atoms with Crippen LogP contribution in [-0.4, -0.2) is 23.7 Å². The van der Waals surface area contributed by atoms with Crippen molar-refractivity contribution in [2.45, 2.75) is 25.4 Å². The van der Waals surface area contributed by atoms with Crippen molar-refractivity contribution < 1.29 is 9.84 Å². The second kappa shape index (κ2) is 4.86. The lowest BCUT2D eigenvalue weighted by molar-refractivity contribution is 0.125. The highest BCUT2D eigenvalue weighted by atomic mass is 35.5. The summed E-state index contributed by atoms with van der Waals surface area (Å²) in [5, 5.41) is 9.31. The molecule has 1 aromatic rings. The lowest BCUT2D eigenvalue weighted by Crippen LogP contribution is -2.19. The lowest BCUT2D eigenvalue weighted by atomic mass is 10.1. The van der Waals surface area contributed by atoms with Gasteiger partial charge in [-0.05, 0) is 36.5 Å². The monoisotopic (exact) mass is 226 g/mol. The summed E-state index contributed by atoms with van der Waals surface area (Å²) in [7, 11) is 0. The molecule has 0 aliphatic heterocycles. The maximum Gasteiger partial charge on any atom is 0.122 e. The first-order chi connectivity index (χ1) is 7.31. The van der Waals surface area contributed by atoms with E-state index < -0.39 is 6.10 Å². The van der Waals surface area contributed by atoms with Crippen LogP contribution in [0.2, 0.25) is 0 Å². The smallest absolute Gasteiger partial charge is 0.122 e. The average molecular weight is 227 g/mol. The van der Waals surface area contributed by atoms with Gasteiger partial charge < -0.3 is 9.84 Å². The van der Waals surface area contributed by atoms with Crippen molar-refractivity contribution >= 4 is 11.6 Å². The number of fused-ring (bicyclic) bond motifs is 1. The minimum atomic E-state index is -0.580. The number of aryl methyl sites for hydroxylation is 1. The molecule has 0 spiro atoms. The van der Waals surface area contributed by atoms with Crippen molar-refractivity contribution in [3.05, 3.63) is 29.3 Å². The van der Waals surface area contributed by atoms with E-state index in [4.69, 9.17) is 16.3 Å². The van der Waals surface area contributed by atoms with Crippen LogP contribution in [0.25, 0.3) is 0 Å². The Morgan fingerprint density at radius 3 is 3.07 bits per heavy atom. The first-order valence-electron chi connectivity index (χ1n) is 5.29. The number of alkyl halides is 1. The largest absolute Gasteiger partial charge is 0.491 e. The number of aliphatic hydroxyl groups is 1. The number of ether oxygens (including phenoxy) is 1. The van der Waals surface area contributed by atoms with Gasteiger partial charge in [0, 0.05) is 0 Å². The Bertz CT molecular complexity index is 338. The maximum atomic E-state index is 9.31. The molecule has 15 heavy (non-hydrogen) atoms. The molecule has 0 radical (unpaired) electrons. The number of hydrogen-bond donors (Lipinski definition) is 1. The molecule has 2 nitrogen and oxygen atoms in total. The fraction of sp³-hybridized carbons (Fsp3) is 0.500. The number of aliphatic hydroxyl groups excluding tert-OH is 1. The van der Waals surface area contributed by atoms with Crippen LogP contribution in [0.5, 0.6) is 5.75 Å². The molecule has 2 rings (SSSR count). The summed E-state index contributed by atoms with van der Waals surface area (Å²) < 4.78 is 5.57. The average Bonchev–Trinajstić information content (AvgIpc) is 2.74. The molecule has 0 aromatic heterocycles. The van der Waals surface area contributed by atoms with E-state index in [9.17, 15) is 5.11 Å². The predicted octanol–water partition coefficient (Wildman–Crippen LogP) is 2.15. The molecule has 0 fully saturated rings. The van der Waals surface area contributed by atoms with Gasteiger partial charge in [-0.1, -0.05) is 12.1 Å². The first-order valence-corrected chi connectivity index (χ1v) is 5.82. The van der Waals surface area contributed by atoms with Crippen LogP contribution in [-0.2, 0) is 12.8 Å². The van der Waals surface area contributed by atoms with Crippen molar-refractivity contribution in [3.63, 3.8) is 0 Å². The Labute approximate surface area is 94.8 Å². The highest BCUT2D eigenvalue weighted by Gasteiger charge is 2.15. The number of hydrogen-bond acceptors (Lipinski definition) is 2. The van der Waals surface area contributed by atoms with E-state index in [0.717, 1.165) is 18.6 Å². The molecule has 0 saturated carbocycles. The van der Waals surface area contributed by atoms with Gasteiger partial charge >= 0.3 is 0 Å². The van der Waals surface area contributed by atoms with Crippen LogP contribution in [0.1, 0.15) is 17.5 Å². The van der Waals surface area contributed by atoms with Crippen molar-refractivity contribution in [2.24, 2.45) is 0 Å². The quantitative estimate of drug-likeness (QED) is 0.798. The predicted molar refractivity (Wildman–Crippen MR) is 60.7 cm³/mol. The van der Waals surface area contributed by atoms with Gasteiger partial charge in [-0.25, -0.2) is 0 Å². The second-order valence-corrected chi connectivity index (χ2v) is 4.18. The molecule has 82 valence electrons. The molecular formula is C12H15ClO2. The Morgan fingerprint density at radius 2 is 2.27 bits per heavy atom. The molecule has 0 amide bonds. The summed E-state index contributed by atoms with van der Waals surface area (Å²) in [5.74, 6) is 1.13. The zero-order valence-electron chi connectivity index (χ0n) is 8.58. The number of rotatable bonds is 4. The van der Waals surface area contributed by atoms with E-state index in [2.05, 4.69) is 6.07 Å². The van der Waals surface area contributed by atoms with E-state index in [1.807, 2.05) is 12.1 Å². The molecule has 1 unspecified atom stereocenters. The van der Waals surface area contributed by atoms with Gasteiger partial charge in [-0.15, -0.1) is 11.6 Å². The van der Waals surface area contributed by atoms with Crippen LogP contribution in [0, 0.1) is 0 Å². The van der Waals surface area contributed by atoms with Crippen molar-refractivity contribution in [1.29, 1.82) is 0 Å². The van der Waals surface area contributed by atoms with Crippen LogP contribution in [0.3, 0.4) is 0 Å². The molecule has 3 heteroatoms. The third-order valence-corrected chi connectivity index (χ3v) is 3.07. The number of benzene rings is 1. The molecule has 1 atom stereocenters. The third kappa shape index (κ3) is 2.44. The highest BCUT2D eigenvalue weighted by Crippen LogP contribution is 2.30. The minimum Gasteiger partial charge on any atom is -0.491 e. The topological polar surface area (TPSA) is 29.5 Å². The minimum absolute atomic E-state index is 0.217. The Morgan fingerprint density at radius 1 is 1.40 bits per heavy atom. The molecule has 0 heterocycles. The summed E-state index contributed by atoms with van der Waals surface area (Å²) in [6, 6.07) is 6.12. The van der Waals surface area contributed by atoms with Crippen molar-refractivity contribution in [2.75, 3.05) is 12.5 Å². The van der Waals surface area contributed by atoms with Crippen LogP contribution >= 0.6 is 11.6 Å². The van der Waals surface area contributed by atoms with Gasteiger partial charge in [0.2, 0.25) is 0 Å². The first kappa shape index (κ1) is 10.8. The Kier molecular flexibility index (Phi) is 3.49. The summed E-state index contributed by atoms with van der Waals surface area (Å²) >= 11 is 5.51. The standard InChI is InChI=1S/C12H15ClO2/c13-7-10(14)8-15-12-6-2-4-9-3-1-5-11(9)12/h2,4,6,10,14H,1,3,5,7-8H2. The molecule has 1 N–H and O–H groups in total. The Hall–Kier alpha value is -0.730. The SMILES string of the molecule is OC(CCl)COc1cccc2c1CCC2. The lowest BCUT2D eigenvalue weighted by Gasteiger charge is -2.12. The molecule has 0 saturated heterocycles. The van der Waals surface area contributed by atoms with E-state index in [-0.39, 0.29) is 12.5 Å². The molecular weight excluding hydrogens is 212 g/mol.